The number of aliphatic imine (C=N–C) groups is 1. The first-order valence-corrected chi connectivity index (χ1v) is 11.3. The summed E-state index contributed by atoms with van der Waals surface area (Å²) in [6.45, 7) is 2.06. The van der Waals surface area contributed by atoms with Crippen molar-refractivity contribution < 1.29 is 4.79 Å². The minimum atomic E-state index is -0.381. The summed E-state index contributed by atoms with van der Waals surface area (Å²) in [5, 5.41) is 11.3. The van der Waals surface area contributed by atoms with Crippen molar-refractivity contribution in [2.75, 3.05) is 7.05 Å². The Hall–Kier alpha value is -3.56. The Morgan fingerprint density at radius 3 is 2.88 bits per heavy atom. The number of hydrogen-bond donors (Lipinski definition) is 1. The normalized spacial score (nSPS) is 21.0. The first-order valence-electron chi connectivity index (χ1n) is 10.4. The highest BCUT2D eigenvalue weighted by Gasteiger charge is 2.34. The average molecular weight is 441 g/mol. The number of rotatable bonds is 4. The number of carbonyl (C=O) groups excluding carboxylic acids is 1. The molecule has 2 heterocycles. The quantitative estimate of drug-likeness (QED) is 0.720. The second-order valence-electron chi connectivity index (χ2n) is 7.91. The van der Waals surface area contributed by atoms with Crippen LogP contribution in [0.15, 0.2) is 75.6 Å². The summed E-state index contributed by atoms with van der Waals surface area (Å²) in [5.74, 6) is -0.208. The zero-order valence-electron chi connectivity index (χ0n) is 18.1. The molecule has 0 fully saturated rings. The number of nitrogens with zero attached hydrogens (tertiary/aromatic N) is 3. The van der Waals surface area contributed by atoms with Crippen LogP contribution in [0.5, 0.6) is 0 Å². The summed E-state index contributed by atoms with van der Waals surface area (Å²) in [7, 11) is 1.67. The molecule has 2 aromatic rings. The predicted molar refractivity (Wildman–Crippen MR) is 131 cm³/mol. The maximum absolute atomic E-state index is 13.1. The fourth-order valence-corrected chi connectivity index (χ4v) is 4.88. The number of benzene rings is 2. The van der Waals surface area contributed by atoms with Gasteiger partial charge in [-0.2, -0.15) is 5.26 Å². The first kappa shape index (κ1) is 21.7. The summed E-state index contributed by atoms with van der Waals surface area (Å²) in [6.07, 6.45) is 5.30. The van der Waals surface area contributed by atoms with Crippen LogP contribution in [-0.2, 0) is 4.79 Å². The lowest BCUT2D eigenvalue weighted by Gasteiger charge is -2.29. The van der Waals surface area contributed by atoms with Crippen LogP contribution in [-0.4, -0.2) is 23.8 Å². The van der Waals surface area contributed by atoms with Crippen LogP contribution in [0.4, 0.5) is 0 Å². The summed E-state index contributed by atoms with van der Waals surface area (Å²) in [4.78, 5) is 20.1. The molecule has 0 saturated carbocycles. The van der Waals surface area contributed by atoms with Gasteiger partial charge in [-0.1, -0.05) is 65.9 Å². The van der Waals surface area contributed by atoms with Gasteiger partial charge in [0.15, 0.2) is 0 Å². The van der Waals surface area contributed by atoms with Gasteiger partial charge >= 0.3 is 0 Å². The lowest BCUT2D eigenvalue weighted by atomic mass is 9.94. The number of guanidine groups is 1. The van der Waals surface area contributed by atoms with Crippen LogP contribution < -0.4 is 5.73 Å². The molecule has 2 aliphatic heterocycles. The highest BCUT2D eigenvalue weighted by Crippen LogP contribution is 2.44. The van der Waals surface area contributed by atoms with Crippen LogP contribution >= 0.6 is 11.8 Å². The van der Waals surface area contributed by atoms with E-state index in [1.165, 1.54) is 10.5 Å². The van der Waals surface area contributed by atoms with E-state index in [-0.39, 0.29) is 17.8 Å². The first-order chi connectivity index (χ1) is 15.5. The highest BCUT2D eigenvalue weighted by atomic mass is 32.2. The van der Waals surface area contributed by atoms with Crippen LogP contribution in [0.2, 0.25) is 0 Å². The summed E-state index contributed by atoms with van der Waals surface area (Å²) in [5.41, 5.74) is 11.9. The van der Waals surface area contributed by atoms with Crippen molar-refractivity contribution in [3.63, 3.8) is 0 Å². The summed E-state index contributed by atoms with van der Waals surface area (Å²) < 4.78 is 0. The molecule has 4 rings (SSSR count). The molecule has 1 atom stereocenters. The number of hydrogen-bond acceptors (Lipinski definition) is 5. The zero-order valence-corrected chi connectivity index (χ0v) is 18.9. The number of carbonyl (C=O) groups is 1. The standard InChI is InChI=1S/C26H24N4OS/c1-17-6-3-7-18(12-17)8-5-11-22-24(29-26(28)30(2)25(22)31)23-14-21(16-32-23)20-10-4-9-19(13-20)15-27/h3-10,12-13,16,22H,11,14H2,1-2H3,(H2,28,29)/b8-5+,24-23+. The predicted octanol–water partition coefficient (Wildman–Crippen LogP) is 5.06. The van der Waals surface area contributed by atoms with E-state index in [1.54, 1.807) is 24.9 Å². The van der Waals surface area contributed by atoms with Crippen molar-refractivity contribution in [3.8, 4) is 6.07 Å². The third-order valence-corrected chi connectivity index (χ3v) is 6.64. The van der Waals surface area contributed by atoms with E-state index in [9.17, 15) is 10.1 Å². The van der Waals surface area contributed by atoms with Gasteiger partial charge in [-0.05, 0) is 47.6 Å². The second kappa shape index (κ2) is 9.29. The van der Waals surface area contributed by atoms with Gasteiger partial charge < -0.3 is 5.73 Å². The molecule has 0 aromatic heterocycles. The monoisotopic (exact) mass is 440 g/mol. The Balaban J connectivity index is 1.60. The van der Waals surface area contributed by atoms with Gasteiger partial charge in [0.1, 0.15) is 0 Å². The molecule has 1 amide bonds. The van der Waals surface area contributed by atoms with Crippen LogP contribution in [0.1, 0.15) is 35.1 Å². The highest BCUT2D eigenvalue weighted by molar-refractivity contribution is 8.06. The topological polar surface area (TPSA) is 82.5 Å². The van der Waals surface area contributed by atoms with E-state index in [0.29, 0.717) is 18.4 Å². The van der Waals surface area contributed by atoms with E-state index in [2.05, 4.69) is 35.5 Å². The van der Waals surface area contributed by atoms with Gasteiger partial charge in [-0.25, -0.2) is 4.99 Å². The largest absolute Gasteiger partial charge is 0.369 e. The summed E-state index contributed by atoms with van der Waals surface area (Å²) >= 11 is 1.58. The van der Waals surface area contributed by atoms with E-state index < -0.39 is 0 Å². The maximum Gasteiger partial charge on any atom is 0.238 e. The minimum absolute atomic E-state index is 0.0468. The van der Waals surface area contributed by atoms with E-state index in [0.717, 1.165) is 27.3 Å². The second-order valence-corrected chi connectivity index (χ2v) is 8.87. The molecule has 0 saturated heterocycles. The lowest BCUT2D eigenvalue weighted by Crippen LogP contribution is -2.46. The Morgan fingerprint density at radius 1 is 1.28 bits per heavy atom. The maximum atomic E-state index is 13.1. The minimum Gasteiger partial charge on any atom is -0.369 e. The molecule has 32 heavy (non-hydrogen) atoms. The van der Waals surface area contributed by atoms with Crippen LogP contribution in [0.3, 0.4) is 0 Å². The van der Waals surface area contributed by atoms with Crippen molar-refractivity contribution in [3.05, 3.63) is 92.9 Å². The number of nitrogens with two attached hydrogens (primary N) is 1. The van der Waals surface area contributed by atoms with Crippen LogP contribution in [0.25, 0.3) is 11.6 Å². The van der Waals surface area contributed by atoms with Crippen LogP contribution in [0, 0.1) is 24.2 Å². The van der Waals surface area contributed by atoms with Crippen molar-refractivity contribution in [2.24, 2.45) is 16.6 Å². The average Bonchev–Trinajstić information content (AvgIpc) is 3.29. The molecule has 0 bridgehead atoms. The number of aryl methyl sites for hydroxylation is 1. The molecule has 2 aliphatic rings. The molecule has 0 aliphatic carbocycles. The molecule has 5 nitrogen and oxygen atoms in total. The third-order valence-electron chi connectivity index (χ3n) is 5.60. The lowest BCUT2D eigenvalue weighted by molar-refractivity contribution is -0.129. The van der Waals surface area contributed by atoms with Gasteiger partial charge in [0.2, 0.25) is 11.9 Å². The molecule has 0 spiro atoms. The molecule has 0 radical (unpaired) electrons. The van der Waals surface area contributed by atoms with E-state index in [1.807, 2.05) is 42.5 Å². The fraction of sp³-hybridized carbons (Fsp3) is 0.192. The molecular weight excluding hydrogens is 416 g/mol. The van der Waals surface area contributed by atoms with Gasteiger partial charge in [0.05, 0.1) is 23.2 Å². The fourth-order valence-electron chi connectivity index (χ4n) is 3.83. The number of nitriles is 1. The Bertz CT molecular complexity index is 1230. The number of thioether (sulfide) groups is 1. The van der Waals surface area contributed by atoms with Gasteiger partial charge in [0, 0.05) is 18.4 Å². The van der Waals surface area contributed by atoms with Gasteiger partial charge in [0.25, 0.3) is 0 Å². The Morgan fingerprint density at radius 2 is 2.09 bits per heavy atom. The molecule has 2 N–H and O–H groups in total. The number of amides is 1. The smallest absolute Gasteiger partial charge is 0.238 e. The van der Waals surface area contributed by atoms with Gasteiger partial charge in [-0.3, -0.25) is 9.69 Å². The zero-order chi connectivity index (χ0) is 22.7. The van der Waals surface area contributed by atoms with E-state index >= 15 is 0 Å². The van der Waals surface area contributed by atoms with Crippen molar-refractivity contribution in [1.29, 1.82) is 5.26 Å². The molecule has 6 heteroatoms. The summed E-state index contributed by atoms with van der Waals surface area (Å²) in [6, 6.07) is 18.0. The Labute approximate surface area is 192 Å². The SMILES string of the molecule is Cc1cccc(/C=C/CC2C(=O)N(C)C(N)=N/C2=C2\CC(c3cccc(C#N)c3)=CS2)c1. The Kier molecular flexibility index (Phi) is 6.29. The molecule has 1 unspecified atom stereocenters. The van der Waals surface area contributed by atoms with Crippen molar-refractivity contribution in [2.45, 2.75) is 19.8 Å². The van der Waals surface area contributed by atoms with E-state index in [4.69, 9.17) is 5.73 Å². The number of allylic oxidation sites excluding steroid dienone is 3. The van der Waals surface area contributed by atoms with Crippen molar-refractivity contribution in [1.82, 2.24) is 4.90 Å². The third kappa shape index (κ3) is 4.53. The van der Waals surface area contributed by atoms with Gasteiger partial charge in [-0.15, -0.1) is 0 Å². The van der Waals surface area contributed by atoms with Crippen molar-refractivity contribution >= 4 is 35.3 Å². The molecule has 2 aromatic carbocycles. The molecule has 160 valence electrons. The molecular formula is C26H24N4OS.